The Balaban J connectivity index is 2.06. The molecule has 4 atom stereocenters. The van der Waals surface area contributed by atoms with Gasteiger partial charge in [-0.25, -0.2) is 0 Å². The molecule has 0 saturated heterocycles. The van der Waals surface area contributed by atoms with E-state index < -0.39 is 19.5 Å². The second kappa shape index (κ2) is 5.50. The number of ether oxygens (including phenoxy) is 2. The lowest BCUT2D eigenvalue weighted by molar-refractivity contribution is -0.283. The highest BCUT2D eigenvalue weighted by Gasteiger charge is 2.72. The fourth-order valence-electron chi connectivity index (χ4n) is 4.88. The van der Waals surface area contributed by atoms with E-state index in [0.717, 1.165) is 19.3 Å². The zero-order chi connectivity index (χ0) is 18.0. The van der Waals surface area contributed by atoms with Gasteiger partial charge in [-0.05, 0) is 43.3 Å². The second-order valence-corrected chi connectivity index (χ2v) is 13.9. The summed E-state index contributed by atoms with van der Waals surface area (Å²) in [7, 11) is 1.24. The van der Waals surface area contributed by atoms with Gasteiger partial charge in [-0.2, -0.15) is 0 Å². The smallest absolute Gasteiger partial charge is 0.241 e. The van der Waals surface area contributed by atoms with Crippen LogP contribution in [0.1, 0.15) is 40.0 Å². The number of Topliss-reactive ketones (excluding diaryl/α,β-unsaturated/α-hetero) is 1. The number of hydrogen-bond acceptors (Lipinski definition) is 4. The summed E-state index contributed by atoms with van der Waals surface area (Å²) in [6, 6.07) is 0. The monoisotopic (exact) mass is 352 g/mol. The molecular weight excluding hydrogens is 320 g/mol. The van der Waals surface area contributed by atoms with Gasteiger partial charge in [0.15, 0.2) is 14.1 Å². The molecule has 0 aliphatic heterocycles. The molecule has 0 amide bonds. The van der Waals surface area contributed by atoms with Gasteiger partial charge >= 0.3 is 0 Å². The molecular formula is C19H32O4Si. The van der Waals surface area contributed by atoms with Crippen LogP contribution >= 0.6 is 0 Å². The zero-order valence-electron chi connectivity index (χ0n) is 16.1. The van der Waals surface area contributed by atoms with Crippen molar-refractivity contribution in [2.24, 2.45) is 17.3 Å². The van der Waals surface area contributed by atoms with Crippen LogP contribution in [0.15, 0.2) is 12.2 Å². The Hall–Kier alpha value is -0.493. The Morgan fingerprint density at radius 2 is 1.79 bits per heavy atom. The van der Waals surface area contributed by atoms with Gasteiger partial charge in [-0.15, -0.1) is 0 Å². The maximum Gasteiger partial charge on any atom is 0.241 e. The molecule has 4 aliphatic rings. The number of allylic oxidation sites excluding steroid dienone is 1. The van der Waals surface area contributed by atoms with Crippen LogP contribution in [0.25, 0.3) is 0 Å². The first-order valence-corrected chi connectivity index (χ1v) is 12.0. The maximum absolute atomic E-state index is 13.1. The van der Waals surface area contributed by atoms with Crippen molar-refractivity contribution in [3.63, 3.8) is 0 Å². The van der Waals surface area contributed by atoms with E-state index in [2.05, 4.69) is 46.0 Å². The molecule has 0 heterocycles. The molecule has 4 nitrogen and oxygen atoms in total. The summed E-state index contributed by atoms with van der Waals surface area (Å²) in [5, 5.41) is 0.129. The van der Waals surface area contributed by atoms with E-state index in [-0.39, 0.29) is 22.8 Å². The first kappa shape index (κ1) is 18.3. The summed E-state index contributed by atoms with van der Waals surface area (Å²) in [4.78, 5) is 13.1. The van der Waals surface area contributed by atoms with Gasteiger partial charge in [0.1, 0.15) is 0 Å². The summed E-state index contributed by atoms with van der Waals surface area (Å²) in [6.07, 6.45) is 7.19. The van der Waals surface area contributed by atoms with E-state index in [9.17, 15) is 4.79 Å². The van der Waals surface area contributed by atoms with Crippen molar-refractivity contribution < 1.29 is 18.7 Å². The Morgan fingerprint density at radius 3 is 2.33 bits per heavy atom. The van der Waals surface area contributed by atoms with Crippen LogP contribution in [0, 0.1) is 17.3 Å². The average molecular weight is 353 g/mol. The Morgan fingerprint density at radius 1 is 1.17 bits per heavy atom. The van der Waals surface area contributed by atoms with Crippen LogP contribution in [-0.2, 0) is 18.7 Å². The van der Waals surface area contributed by atoms with Gasteiger partial charge in [-0.1, -0.05) is 32.9 Å². The number of carbonyl (C=O) groups excluding carboxylic acids is 1. The third-order valence-corrected chi connectivity index (χ3v) is 11.7. The number of carbonyl (C=O) groups is 1. The van der Waals surface area contributed by atoms with E-state index in [1.807, 2.05) is 0 Å². The van der Waals surface area contributed by atoms with Crippen LogP contribution in [0.5, 0.6) is 0 Å². The molecule has 5 heteroatoms. The van der Waals surface area contributed by atoms with Crippen LogP contribution in [0.2, 0.25) is 18.1 Å². The molecule has 0 aromatic carbocycles. The molecule has 0 aromatic heterocycles. The summed E-state index contributed by atoms with van der Waals surface area (Å²) in [5.41, 5.74) is -0.488. The van der Waals surface area contributed by atoms with Gasteiger partial charge in [-0.3, -0.25) is 4.79 Å². The van der Waals surface area contributed by atoms with Gasteiger partial charge in [0.05, 0.1) is 11.5 Å². The molecule has 2 unspecified atom stereocenters. The standard InChI is InChI=1S/C19H32O4Si/c1-17(2,3)24(6,7)23-15-9-8-14-12-13-10-11-18(14,15)19(21-4,22-5)16(13)20/h10-11,13-15H,8-9,12H2,1-7H3/t13?,14-,15+,18?/m1/s1. The van der Waals surface area contributed by atoms with E-state index in [1.165, 1.54) is 0 Å². The molecule has 4 aliphatic carbocycles. The Labute approximate surface area is 147 Å². The van der Waals surface area contributed by atoms with Crippen LogP contribution in [0.4, 0.5) is 0 Å². The van der Waals surface area contributed by atoms with Crippen molar-refractivity contribution >= 4 is 14.1 Å². The molecule has 24 heavy (non-hydrogen) atoms. The lowest BCUT2D eigenvalue weighted by atomic mass is 9.55. The number of fused-ring (bicyclic) bond motifs is 1. The quantitative estimate of drug-likeness (QED) is 0.437. The highest BCUT2D eigenvalue weighted by atomic mass is 28.4. The molecule has 2 saturated carbocycles. The van der Waals surface area contributed by atoms with Crippen molar-refractivity contribution in [2.75, 3.05) is 14.2 Å². The SMILES string of the molecule is COC1(OC)C(=O)C2C=CC13[C@H](CC[C@@H]3O[Si](C)(C)C(C)(C)C)C2. The minimum Gasteiger partial charge on any atom is -0.413 e. The van der Waals surface area contributed by atoms with Gasteiger partial charge < -0.3 is 13.9 Å². The first-order valence-electron chi connectivity index (χ1n) is 9.07. The van der Waals surface area contributed by atoms with E-state index in [1.54, 1.807) is 14.2 Å². The molecule has 4 rings (SSSR count). The maximum atomic E-state index is 13.1. The zero-order valence-corrected chi connectivity index (χ0v) is 17.1. The Bertz CT molecular complexity index is 558. The third kappa shape index (κ3) is 2.11. The summed E-state index contributed by atoms with van der Waals surface area (Å²) in [6.45, 7) is 11.3. The van der Waals surface area contributed by atoms with E-state index in [4.69, 9.17) is 13.9 Å². The van der Waals surface area contributed by atoms with Crippen LogP contribution in [-0.4, -0.2) is 40.2 Å². The van der Waals surface area contributed by atoms with Crippen molar-refractivity contribution in [2.45, 2.75) is 70.1 Å². The molecule has 0 radical (unpaired) electrons. The van der Waals surface area contributed by atoms with Crippen LogP contribution < -0.4 is 0 Å². The lowest BCUT2D eigenvalue weighted by Gasteiger charge is -2.57. The third-order valence-electron chi connectivity index (χ3n) is 7.18. The first-order chi connectivity index (χ1) is 11.1. The van der Waals surface area contributed by atoms with Gasteiger partial charge in [0.2, 0.25) is 5.79 Å². The van der Waals surface area contributed by atoms with Crippen molar-refractivity contribution in [1.29, 1.82) is 0 Å². The van der Waals surface area contributed by atoms with Gasteiger partial charge in [0.25, 0.3) is 0 Å². The normalized spacial score (nSPS) is 37.8. The lowest BCUT2D eigenvalue weighted by Crippen LogP contribution is -2.69. The number of rotatable bonds is 4. The minimum atomic E-state index is -1.96. The molecule has 136 valence electrons. The van der Waals surface area contributed by atoms with Crippen molar-refractivity contribution in [3.05, 3.63) is 12.2 Å². The highest BCUT2D eigenvalue weighted by Crippen LogP contribution is 2.64. The number of hydrogen-bond donors (Lipinski definition) is 0. The molecule has 0 aromatic rings. The van der Waals surface area contributed by atoms with E-state index in [0.29, 0.717) is 5.92 Å². The van der Waals surface area contributed by atoms with Crippen LogP contribution in [0.3, 0.4) is 0 Å². The summed E-state index contributed by atoms with van der Waals surface area (Å²) in [5.74, 6) is -0.820. The topological polar surface area (TPSA) is 44.8 Å². The molecule has 1 spiro atoms. The fourth-order valence-corrected chi connectivity index (χ4v) is 6.26. The molecule has 0 N–H and O–H groups in total. The number of methoxy groups -OCH3 is 2. The van der Waals surface area contributed by atoms with Crippen molar-refractivity contribution in [1.82, 2.24) is 0 Å². The Kier molecular flexibility index (Phi) is 4.19. The number of ketones is 1. The predicted molar refractivity (Wildman–Crippen MR) is 96.2 cm³/mol. The molecule has 2 fully saturated rings. The highest BCUT2D eigenvalue weighted by molar-refractivity contribution is 6.74. The largest absolute Gasteiger partial charge is 0.413 e. The minimum absolute atomic E-state index is 0.0234. The fraction of sp³-hybridized carbons (Fsp3) is 0.842. The second-order valence-electron chi connectivity index (χ2n) is 9.16. The predicted octanol–water partition coefficient (Wildman–Crippen LogP) is 3.92. The summed E-state index contributed by atoms with van der Waals surface area (Å²) < 4.78 is 18.5. The molecule has 2 bridgehead atoms. The van der Waals surface area contributed by atoms with Gasteiger partial charge in [0, 0.05) is 20.1 Å². The van der Waals surface area contributed by atoms with Crippen molar-refractivity contribution in [3.8, 4) is 0 Å². The van der Waals surface area contributed by atoms with E-state index >= 15 is 0 Å². The summed E-state index contributed by atoms with van der Waals surface area (Å²) >= 11 is 0. The average Bonchev–Trinajstić information content (AvgIpc) is 2.86.